The van der Waals surface area contributed by atoms with E-state index in [1.165, 1.54) is 12.1 Å². The van der Waals surface area contributed by atoms with Gasteiger partial charge in [-0.25, -0.2) is 8.42 Å². The Morgan fingerprint density at radius 3 is 2.61 bits per heavy atom. The van der Waals surface area contributed by atoms with Crippen molar-refractivity contribution >= 4 is 26.6 Å². The van der Waals surface area contributed by atoms with Crippen LogP contribution in [0.5, 0.6) is 0 Å². The highest BCUT2D eigenvalue weighted by molar-refractivity contribution is 7.91. The molecule has 2 N–H and O–H groups in total. The second-order valence-electron chi connectivity index (χ2n) is 6.94. The van der Waals surface area contributed by atoms with Crippen molar-refractivity contribution in [3.05, 3.63) is 53.7 Å². The lowest BCUT2D eigenvalue weighted by atomic mass is 9.94. The molecule has 7 nitrogen and oxygen atoms in total. The Bertz CT molecular complexity index is 1160. The maximum atomic E-state index is 13.2. The SMILES string of the molecule is Cn1nc(C2CCOCC2)c2cc(S(=O)(=O)c3ccccc3C(N)=O)ccc21. The zero-order valence-electron chi connectivity index (χ0n) is 15.5. The highest BCUT2D eigenvalue weighted by Crippen LogP contribution is 2.34. The minimum Gasteiger partial charge on any atom is -0.381 e. The van der Waals surface area contributed by atoms with Crippen molar-refractivity contribution < 1.29 is 17.9 Å². The molecule has 4 rings (SSSR count). The van der Waals surface area contributed by atoms with Gasteiger partial charge in [0.05, 0.1) is 26.6 Å². The summed E-state index contributed by atoms with van der Waals surface area (Å²) in [6.07, 6.45) is 1.71. The van der Waals surface area contributed by atoms with E-state index >= 15 is 0 Å². The first-order valence-electron chi connectivity index (χ1n) is 9.08. The topological polar surface area (TPSA) is 104 Å². The van der Waals surface area contributed by atoms with E-state index in [0.29, 0.717) is 13.2 Å². The Kier molecular flexibility index (Phi) is 4.68. The van der Waals surface area contributed by atoms with Gasteiger partial charge in [-0.15, -0.1) is 0 Å². The number of aryl methyl sites for hydroxylation is 1. The van der Waals surface area contributed by atoms with Crippen molar-refractivity contribution in [2.75, 3.05) is 13.2 Å². The molecule has 0 spiro atoms. The zero-order valence-corrected chi connectivity index (χ0v) is 16.3. The second-order valence-corrected chi connectivity index (χ2v) is 8.86. The Morgan fingerprint density at radius 1 is 1.18 bits per heavy atom. The number of carbonyl (C=O) groups excluding carboxylic acids is 1. The number of sulfone groups is 1. The number of nitrogens with two attached hydrogens (primary N) is 1. The van der Waals surface area contributed by atoms with Crippen molar-refractivity contribution in [2.45, 2.75) is 28.6 Å². The minimum atomic E-state index is -3.91. The molecular weight excluding hydrogens is 378 g/mol. The first kappa shape index (κ1) is 18.6. The van der Waals surface area contributed by atoms with E-state index in [1.807, 2.05) is 7.05 Å². The number of aromatic nitrogens is 2. The van der Waals surface area contributed by atoms with Gasteiger partial charge in [-0.2, -0.15) is 5.10 Å². The molecule has 1 aromatic heterocycles. The number of hydrogen-bond donors (Lipinski definition) is 1. The molecule has 1 aliphatic rings. The standard InChI is InChI=1S/C20H21N3O4S/c1-23-17-7-6-14(12-16(17)19(22-23)13-8-10-27-11-9-13)28(25,26)18-5-3-2-4-15(18)20(21)24/h2-7,12-13H,8-11H2,1H3,(H2,21,24). The van der Waals surface area contributed by atoms with E-state index in [2.05, 4.69) is 5.10 Å². The van der Waals surface area contributed by atoms with Crippen LogP contribution in [0.2, 0.25) is 0 Å². The largest absolute Gasteiger partial charge is 0.381 e. The van der Waals surface area contributed by atoms with Gasteiger partial charge in [0.25, 0.3) is 0 Å². The number of nitrogens with zero attached hydrogens (tertiary/aromatic N) is 2. The normalized spacial score (nSPS) is 15.8. The highest BCUT2D eigenvalue weighted by Gasteiger charge is 2.26. The number of amides is 1. The van der Waals surface area contributed by atoms with Gasteiger partial charge < -0.3 is 10.5 Å². The van der Waals surface area contributed by atoms with Crippen LogP contribution in [0.3, 0.4) is 0 Å². The fraction of sp³-hybridized carbons (Fsp3) is 0.300. The second kappa shape index (κ2) is 7.03. The van der Waals surface area contributed by atoms with Crippen molar-refractivity contribution in [3.8, 4) is 0 Å². The van der Waals surface area contributed by atoms with Crippen molar-refractivity contribution in [3.63, 3.8) is 0 Å². The quantitative estimate of drug-likeness (QED) is 0.725. The molecule has 2 aromatic carbocycles. The monoisotopic (exact) mass is 399 g/mol. The fourth-order valence-electron chi connectivity index (χ4n) is 3.74. The molecule has 0 saturated carbocycles. The predicted octanol–water partition coefficient (Wildman–Crippen LogP) is 2.40. The smallest absolute Gasteiger partial charge is 0.250 e. The molecule has 0 atom stereocenters. The summed E-state index contributed by atoms with van der Waals surface area (Å²) < 4.78 is 33.7. The number of ether oxygens (including phenoxy) is 1. The third kappa shape index (κ3) is 3.08. The van der Waals surface area contributed by atoms with Crippen molar-refractivity contribution in [1.82, 2.24) is 9.78 Å². The van der Waals surface area contributed by atoms with Gasteiger partial charge in [0.2, 0.25) is 15.7 Å². The number of fused-ring (bicyclic) bond motifs is 1. The number of hydrogen-bond acceptors (Lipinski definition) is 5. The summed E-state index contributed by atoms with van der Waals surface area (Å²) in [5.74, 6) is -0.544. The van der Waals surface area contributed by atoms with E-state index in [4.69, 9.17) is 10.5 Å². The summed E-state index contributed by atoms with van der Waals surface area (Å²) in [6, 6.07) is 11.0. The first-order chi connectivity index (χ1) is 13.4. The third-order valence-corrected chi connectivity index (χ3v) is 7.02. The predicted molar refractivity (Wildman–Crippen MR) is 104 cm³/mol. The maximum Gasteiger partial charge on any atom is 0.250 e. The third-order valence-electron chi connectivity index (χ3n) is 5.21. The maximum absolute atomic E-state index is 13.2. The molecule has 1 fully saturated rings. The molecule has 2 heterocycles. The van der Waals surface area contributed by atoms with E-state index in [-0.39, 0.29) is 21.3 Å². The number of benzene rings is 2. The van der Waals surface area contributed by atoms with Crippen LogP contribution in [0.1, 0.15) is 34.8 Å². The number of rotatable bonds is 4. The van der Waals surface area contributed by atoms with Crippen molar-refractivity contribution in [2.24, 2.45) is 12.8 Å². The number of primary amides is 1. The average molecular weight is 399 g/mol. The van der Waals surface area contributed by atoms with Crippen molar-refractivity contribution in [1.29, 1.82) is 0 Å². The van der Waals surface area contributed by atoms with Crippen LogP contribution in [0.4, 0.5) is 0 Å². The highest BCUT2D eigenvalue weighted by atomic mass is 32.2. The molecule has 0 aliphatic carbocycles. The van der Waals surface area contributed by atoms with Gasteiger partial charge in [-0.1, -0.05) is 12.1 Å². The van der Waals surface area contributed by atoms with Crippen LogP contribution in [-0.4, -0.2) is 37.3 Å². The summed E-state index contributed by atoms with van der Waals surface area (Å²) in [5, 5.41) is 5.46. The van der Waals surface area contributed by atoms with Gasteiger partial charge in [0.1, 0.15) is 0 Å². The molecule has 1 saturated heterocycles. The lowest BCUT2D eigenvalue weighted by molar-refractivity contribution is 0.0846. The van der Waals surface area contributed by atoms with Crippen LogP contribution < -0.4 is 5.73 Å². The Balaban J connectivity index is 1.87. The molecule has 0 unspecified atom stereocenters. The Morgan fingerprint density at radius 2 is 1.89 bits per heavy atom. The van der Waals surface area contributed by atoms with E-state index < -0.39 is 15.7 Å². The summed E-state index contributed by atoms with van der Waals surface area (Å²) >= 11 is 0. The zero-order chi connectivity index (χ0) is 19.9. The minimum absolute atomic E-state index is 0.0153. The lowest BCUT2D eigenvalue weighted by Gasteiger charge is -2.20. The lowest BCUT2D eigenvalue weighted by Crippen LogP contribution is -2.16. The molecule has 0 radical (unpaired) electrons. The fourth-order valence-corrected chi connectivity index (χ4v) is 5.23. The number of carbonyl (C=O) groups is 1. The van der Waals surface area contributed by atoms with Crippen LogP contribution in [0.25, 0.3) is 10.9 Å². The Hall–Kier alpha value is -2.71. The van der Waals surface area contributed by atoms with Crippen LogP contribution in [0, 0.1) is 0 Å². The average Bonchev–Trinajstić information content (AvgIpc) is 3.05. The van der Waals surface area contributed by atoms with Crippen LogP contribution in [-0.2, 0) is 21.6 Å². The summed E-state index contributed by atoms with van der Waals surface area (Å²) in [5.41, 5.74) is 7.12. The van der Waals surface area contributed by atoms with Crippen LogP contribution >= 0.6 is 0 Å². The summed E-state index contributed by atoms with van der Waals surface area (Å²) in [6.45, 7) is 1.35. The first-order valence-corrected chi connectivity index (χ1v) is 10.6. The molecule has 0 bridgehead atoms. The molecule has 1 aliphatic heterocycles. The molecule has 3 aromatic rings. The van der Waals surface area contributed by atoms with E-state index in [9.17, 15) is 13.2 Å². The van der Waals surface area contributed by atoms with Gasteiger partial charge in [-0.05, 0) is 43.2 Å². The molecule has 28 heavy (non-hydrogen) atoms. The van der Waals surface area contributed by atoms with Gasteiger partial charge in [0, 0.05) is 31.6 Å². The molecule has 146 valence electrons. The van der Waals surface area contributed by atoms with E-state index in [0.717, 1.165) is 29.4 Å². The Labute approximate surface area is 163 Å². The molecule has 8 heteroatoms. The van der Waals surface area contributed by atoms with Gasteiger partial charge in [-0.3, -0.25) is 9.48 Å². The van der Waals surface area contributed by atoms with Gasteiger partial charge in [0.15, 0.2) is 0 Å². The van der Waals surface area contributed by atoms with Crippen LogP contribution in [0.15, 0.2) is 52.3 Å². The molecule has 1 amide bonds. The summed E-state index contributed by atoms with van der Waals surface area (Å²) in [7, 11) is -2.06. The van der Waals surface area contributed by atoms with Gasteiger partial charge >= 0.3 is 0 Å². The molecular formula is C20H21N3O4S. The summed E-state index contributed by atoms with van der Waals surface area (Å²) in [4.78, 5) is 11.7. The van der Waals surface area contributed by atoms with E-state index in [1.54, 1.807) is 35.0 Å².